The first-order chi connectivity index (χ1) is 9.72. The first-order valence-electron chi connectivity index (χ1n) is 8.99. The van der Waals surface area contributed by atoms with Crippen LogP contribution in [-0.2, 0) is 4.79 Å². The molecule has 2 nitrogen and oxygen atoms in total. The van der Waals surface area contributed by atoms with Gasteiger partial charge in [-0.3, -0.25) is 9.69 Å². The summed E-state index contributed by atoms with van der Waals surface area (Å²) in [6.45, 7) is 7.25. The number of nitrogens with zero attached hydrogens (tertiary/aromatic N) is 1. The molecule has 0 aromatic heterocycles. The fraction of sp³-hybridized carbons (Fsp3) is 0.944. The van der Waals surface area contributed by atoms with Crippen molar-refractivity contribution in [3.8, 4) is 0 Å². The first kappa shape index (κ1) is 13.3. The van der Waals surface area contributed by atoms with Crippen LogP contribution in [0.3, 0.4) is 0 Å². The third-order valence-electron chi connectivity index (χ3n) is 7.36. The van der Waals surface area contributed by atoms with Gasteiger partial charge in [0.1, 0.15) is 5.78 Å². The first-order valence-corrected chi connectivity index (χ1v) is 8.99. The predicted octanol–water partition coefficient (Wildman–Crippen LogP) is 3.36. The smallest absolute Gasteiger partial charge is 0.136 e. The molecule has 7 atom stereocenters. The molecule has 20 heavy (non-hydrogen) atoms. The van der Waals surface area contributed by atoms with Crippen LogP contribution in [0.25, 0.3) is 0 Å². The van der Waals surface area contributed by atoms with Crippen molar-refractivity contribution in [1.29, 1.82) is 0 Å². The second-order valence-electron chi connectivity index (χ2n) is 7.91. The highest BCUT2D eigenvalue weighted by Gasteiger charge is 2.58. The summed E-state index contributed by atoms with van der Waals surface area (Å²) in [7, 11) is 0. The summed E-state index contributed by atoms with van der Waals surface area (Å²) < 4.78 is 0. The maximum atomic E-state index is 12.3. The topological polar surface area (TPSA) is 20.3 Å². The quantitative estimate of drug-likeness (QED) is 0.731. The van der Waals surface area contributed by atoms with E-state index in [1.165, 1.54) is 45.2 Å². The summed E-state index contributed by atoms with van der Waals surface area (Å²) in [4.78, 5) is 15.2. The highest BCUT2D eigenvalue weighted by atomic mass is 16.1. The van der Waals surface area contributed by atoms with Gasteiger partial charge in [-0.2, -0.15) is 0 Å². The van der Waals surface area contributed by atoms with Gasteiger partial charge in [0, 0.05) is 18.4 Å². The molecule has 112 valence electrons. The van der Waals surface area contributed by atoms with Gasteiger partial charge in [-0.05, 0) is 61.9 Å². The summed E-state index contributed by atoms with van der Waals surface area (Å²) >= 11 is 0. The number of hydrogen-bond acceptors (Lipinski definition) is 2. The highest BCUT2D eigenvalue weighted by Crippen LogP contribution is 2.58. The molecule has 0 spiro atoms. The third-order valence-corrected chi connectivity index (χ3v) is 7.36. The Labute approximate surface area is 123 Å². The second kappa shape index (κ2) is 4.83. The van der Waals surface area contributed by atoms with Gasteiger partial charge >= 0.3 is 0 Å². The van der Waals surface area contributed by atoms with Crippen molar-refractivity contribution in [2.75, 3.05) is 13.1 Å². The molecule has 2 saturated carbocycles. The molecule has 0 radical (unpaired) electrons. The summed E-state index contributed by atoms with van der Waals surface area (Å²) in [5.41, 5.74) is 0. The molecule has 0 N–H and O–H groups in total. The van der Waals surface area contributed by atoms with E-state index in [0.717, 1.165) is 42.1 Å². The van der Waals surface area contributed by atoms with E-state index < -0.39 is 0 Å². The van der Waals surface area contributed by atoms with Gasteiger partial charge in [0.25, 0.3) is 0 Å². The van der Waals surface area contributed by atoms with E-state index in [1.807, 2.05) is 0 Å². The molecule has 2 heteroatoms. The molecule has 4 fully saturated rings. The van der Waals surface area contributed by atoms with Crippen molar-refractivity contribution in [3.05, 3.63) is 0 Å². The molecule has 0 unspecified atom stereocenters. The maximum absolute atomic E-state index is 12.3. The minimum atomic E-state index is 0.350. The van der Waals surface area contributed by atoms with Crippen molar-refractivity contribution < 1.29 is 4.79 Å². The van der Waals surface area contributed by atoms with Gasteiger partial charge in [-0.25, -0.2) is 0 Å². The average Bonchev–Trinajstić information content (AvgIpc) is 2.89. The summed E-state index contributed by atoms with van der Waals surface area (Å²) in [6, 6.07) is 0.831. The van der Waals surface area contributed by atoms with E-state index in [0.29, 0.717) is 11.7 Å². The van der Waals surface area contributed by atoms with E-state index in [9.17, 15) is 4.79 Å². The van der Waals surface area contributed by atoms with Crippen molar-refractivity contribution in [2.24, 2.45) is 35.5 Å². The zero-order valence-corrected chi connectivity index (χ0v) is 13.1. The van der Waals surface area contributed by atoms with Crippen LogP contribution < -0.4 is 0 Å². The molecule has 4 rings (SSSR count). The van der Waals surface area contributed by atoms with Crippen LogP contribution in [0.2, 0.25) is 0 Å². The number of Topliss-reactive ketones (excluding diaryl/α,β-unsaturated/α-hetero) is 1. The Morgan fingerprint density at radius 3 is 2.75 bits per heavy atom. The van der Waals surface area contributed by atoms with Crippen LogP contribution >= 0.6 is 0 Å². The van der Waals surface area contributed by atoms with E-state index in [-0.39, 0.29) is 0 Å². The molecule has 0 amide bonds. The number of hydrogen-bond donors (Lipinski definition) is 0. The van der Waals surface area contributed by atoms with Crippen LogP contribution in [0, 0.1) is 35.5 Å². The average molecular weight is 275 g/mol. The van der Waals surface area contributed by atoms with E-state index in [4.69, 9.17) is 0 Å². The Bertz CT molecular complexity index is 406. The lowest BCUT2D eigenvalue weighted by Gasteiger charge is -2.49. The predicted molar refractivity (Wildman–Crippen MR) is 80.4 cm³/mol. The number of fused-ring (bicyclic) bond motifs is 2. The standard InChI is InChI=1S/C18H29NO/c1-3-12-13-6-4-5-8-19-9-7-14(18(13)19)17-11(2)16(20)10-15(12)17/h11-15,17-18H,3-10H2,1-2H3/t11-,12-,13-,14-,15+,17-,18-/m1/s1. The molecule has 0 aromatic carbocycles. The van der Waals surface area contributed by atoms with E-state index in [2.05, 4.69) is 18.7 Å². The number of carbonyl (C=O) groups excluding carboxylic acids is 1. The Morgan fingerprint density at radius 2 is 1.95 bits per heavy atom. The van der Waals surface area contributed by atoms with Crippen LogP contribution in [-0.4, -0.2) is 29.8 Å². The molecule has 2 aliphatic carbocycles. The summed E-state index contributed by atoms with van der Waals surface area (Å²) in [5.74, 6) is 4.94. The molecule has 2 saturated heterocycles. The van der Waals surface area contributed by atoms with Gasteiger partial charge in [-0.15, -0.1) is 0 Å². The Morgan fingerprint density at radius 1 is 1.10 bits per heavy atom. The molecule has 2 aliphatic heterocycles. The van der Waals surface area contributed by atoms with Crippen molar-refractivity contribution in [1.82, 2.24) is 4.90 Å². The zero-order valence-electron chi connectivity index (χ0n) is 13.1. The van der Waals surface area contributed by atoms with Crippen molar-refractivity contribution >= 4 is 5.78 Å². The van der Waals surface area contributed by atoms with Crippen LogP contribution in [0.5, 0.6) is 0 Å². The summed E-state index contributed by atoms with van der Waals surface area (Å²) in [6.07, 6.45) is 7.83. The van der Waals surface area contributed by atoms with Crippen molar-refractivity contribution in [3.63, 3.8) is 0 Å². The minimum Gasteiger partial charge on any atom is -0.300 e. The highest BCUT2D eigenvalue weighted by molar-refractivity contribution is 5.83. The lowest BCUT2D eigenvalue weighted by molar-refractivity contribution is -0.121. The fourth-order valence-corrected chi connectivity index (χ4v) is 6.70. The van der Waals surface area contributed by atoms with Crippen molar-refractivity contribution in [2.45, 2.75) is 58.4 Å². The number of carbonyl (C=O) groups is 1. The summed E-state index contributed by atoms with van der Waals surface area (Å²) in [5, 5.41) is 0. The zero-order chi connectivity index (χ0) is 13.9. The van der Waals surface area contributed by atoms with E-state index >= 15 is 0 Å². The number of ketones is 1. The molecular weight excluding hydrogens is 246 g/mol. The fourth-order valence-electron chi connectivity index (χ4n) is 6.70. The van der Waals surface area contributed by atoms with Gasteiger partial charge in [0.15, 0.2) is 0 Å². The SMILES string of the molecule is CC[C@@H]1[C@H]2CCCCN3CC[C@H]([C@@H]4[C@H]1CC(=O)[C@H]4C)[C@@H]23. The number of rotatable bonds is 1. The molecule has 2 heterocycles. The molecular formula is C18H29NO. The van der Waals surface area contributed by atoms with Gasteiger partial charge in [0.05, 0.1) is 0 Å². The minimum absolute atomic E-state index is 0.350. The molecule has 0 bridgehead atoms. The van der Waals surface area contributed by atoms with Gasteiger partial charge in [0.2, 0.25) is 0 Å². The Kier molecular flexibility index (Phi) is 3.21. The maximum Gasteiger partial charge on any atom is 0.136 e. The Balaban J connectivity index is 1.74. The normalized spacial score (nSPS) is 51.7. The van der Waals surface area contributed by atoms with Gasteiger partial charge < -0.3 is 0 Å². The second-order valence-corrected chi connectivity index (χ2v) is 7.91. The Hall–Kier alpha value is -0.370. The van der Waals surface area contributed by atoms with Crippen LogP contribution in [0.4, 0.5) is 0 Å². The lowest BCUT2D eigenvalue weighted by Crippen LogP contribution is -2.51. The van der Waals surface area contributed by atoms with E-state index in [1.54, 1.807) is 0 Å². The lowest BCUT2D eigenvalue weighted by atomic mass is 9.58. The van der Waals surface area contributed by atoms with Gasteiger partial charge in [-0.1, -0.05) is 26.7 Å². The van der Waals surface area contributed by atoms with Crippen LogP contribution in [0.15, 0.2) is 0 Å². The monoisotopic (exact) mass is 275 g/mol. The molecule has 4 aliphatic rings. The molecule has 0 aromatic rings. The largest absolute Gasteiger partial charge is 0.300 e. The third kappa shape index (κ3) is 1.70. The van der Waals surface area contributed by atoms with Crippen LogP contribution in [0.1, 0.15) is 52.4 Å².